The van der Waals surface area contributed by atoms with Crippen molar-refractivity contribution in [3.8, 4) is 0 Å². The summed E-state index contributed by atoms with van der Waals surface area (Å²) in [4.78, 5) is 30.4. The van der Waals surface area contributed by atoms with Gasteiger partial charge in [0.2, 0.25) is 0 Å². The summed E-state index contributed by atoms with van der Waals surface area (Å²) in [6.07, 6.45) is -0.755. The van der Waals surface area contributed by atoms with Gasteiger partial charge in [-0.1, -0.05) is 6.92 Å². The molecule has 3 N–H and O–H groups in total. The molecule has 0 saturated carbocycles. The number of aromatic nitrogens is 4. The first-order valence-electron chi connectivity index (χ1n) is 7.03. The third-order valence-electron chi connectivity index (χ3n) is 3.79. The highest BCUT2D eigenvalue weighted by Crippen LogP contribution is 2.44. The van der Waals surface area contributed by atoms with E-state index < -0.39 is 32.4 Å². The number of phosphoric acid groups is 1. The normalized spacial score (nSPS) is 28.6. The molecule has 1 fully saturated rings. The Morgan fingerprint density at radius 2 is 2.13 bits per heavy atom. The minimum atomic E-state index is -4.75. The first kappa shape index (κ1) is 16.4. The number of aliphatic hydroxyl groups excluding tert-OH is 1. The predicted octanol–water partition coefficient (Wildman–Crippen LogP) is 0.281. The number of hydrogen-bond acceptors (Lipinski definition) is 7. The molecule has 0 spiro atoms. The summed E-state index contributed by atoms with van der Waals surface area (Å²) < 4.78 is 23.0. The van der Waals surface area contributed by atoms with E-state index in [0.29, 0.717) is 23.3 Å². The van der Waals surface area contributed by atoms with Gasteiger partial charge < -0.3 is 19.6 Å². The molecule has 2 aromatic heterocycles. The van der Waals surface area contributed by atoms with E-state index in [0.717, 1.165) is 0 Å². The van der Waals surface area contributed by atoms with Crippen LogP contribution in [0.4, 0.5) is 0 Å². The first-order chi connectivity index (χ1) is 10.8. The van der Waals surface area contributed by atoms with Gasteiger partial charge >= 0.3 is 7.82 Å². The van der Waals surface area contributed by atoms with Crippen LogP contribution in [0.5, 0.6) is 0 Å². The van der Waals surface area contributed by atoms with Gasteiger partial charge in [0.05, 0.1) is 18.1 Å². The third kappa shape index (κ3) is 3.01. The van der Waals surface area contributed by atoms with Gasteiger partial charge in [-0.05, 0) is 13.3 Å². The van der Waals surface area contributed by atoms with Gasteiger partial charge in [-0.3, -0.25) is 9.09 Å². The lowest BCUT2D eigenvalue weighted by molar-refractivity contribution is -0.0355. The van der Waals surface area contributed by atoms with Crippen LogP contribution in [0.25, 0.3) is 11.2 Å². The van der Waals surface area contributed by atoms with E-state index in [1.165, 1.54) is 17.2 Å². The average molecular weight is 344 g/mol. The fourth-order valence-corrected chi connectivity index (χ4v) is 3.30. The largest absolute Gasteiger partial charge is 0.470 e. The van der Waals surface area contributed by atoms with E-state index in [1.807, 2.05) is 0 Å². The second kappa shape index (κ2) is 5.90. The summed E-state index contributed by atoms with van der Waals surface area (Å²) in [7, 11) is -4.75. The van der Waals surface area contributed by atoms with Crippen LogP contribution in [-0.2, 0) is 13.8 Å². The molecule has 3 heterocycles. The Hall–Kier alpha value is -1.42. The molecule has 3 rings (SSSR count). The monoisotopic (exact) mass is 344 g/mol. The summed E-state index contributed by atoms with van der Waals surface area (Å²) in [6, 6.07) is 0. The summed E-state index contributed by atoms with van der Waals surface area (Å²) in [5, 5.41) is 10.4. The second-order valence-corrected chi connectivity index (χ2v) is 6.50. The average Bonchev–Trinajstić information content (AvgIpc) is 3.01. The zero-order chi connectivity index (χ0) is 16.8. The van der Waals surface area contributed by atoms with Crippen LogP contribution in [0, 0.1) is 6.92 Å². The molecule has 1 aliphatic heterocycles. The maximum absolute atomic E-state index is 11.1. The minimum absolute atomic E-state index is 0.416. The van der Waals surface area contributed by atoms with Crippen LogP contribution in [0.1, 0.15) is 25.3 Å². The molecule has 10 nitrogen and oxygen atoms in total. The molecule has 0 aromatic carbocycles. The molecule has 1 aliphatic rings. The van der Waals surface area contributed by atoms with Crippen molar-refractivity contribution >= 4 is 19.0 Å². The predicted molar refractivity (Wildman–Crippen MR) is 77.2 cm³/mol. The Labute approximate surface area is 131 Å². The van der Waals surface area contributed by atoms with Crippen molar-refractivity contribution in [3.63, 3.8) is 0 Å². The first-order valence-corrected chi connectivity index (χ1v) is 8.56. The fourth-order valence-electron chi connectivity index (χ4n) is 2.72. The van der Waals surface area contributed by atoms with Gasteiger partial charge in [-0.25, -0.2) is 19.5 Å². The highest BCUT2D eigenvalue weighted by Gasteiger charge is 2.47. The molecule has 126 valence electrons. The van der Waals surface area contributed by atoms with Gasteiger partial charge in [0.15, 0.2) is 11.9 Å². The van der Waals surface area contributed by atoms with Crippen LogP contribution >= 0.6 is 7.82 Å². The lowest BCUT2D eigenvalue weighted by Crippen LogP contribution is -2.33. The van der Waals surface area contributed by atoms with E-state index in [4.69, 9.17) is 19.0 Å². The zero-order valence-electron chi connectivity index (χ0n) is 12.5. The maximum atomic E-state index is 11.1. The van der Waals surface area contributed by atoms with Crippen molar-refractivity contribution < 1.29 is 28.7 Å². The molecule has 11 heteroatoms. The molecule has 1 saturated heterocycles. The number of imidazole rings is 1. The van der Waals surface area contributed by atoms with E-state index in [-0.39, 0.29) is 0 Å². The van der Waals surface area contributed by atoms with E-state index in [1.54, 1.807) is 13.8 Å². The van der Waals surface area contributed by atoms with Crippen molar-refractivity contribution in [3.05, 3.63) is 18.3 Å². The zero-order valence-corrected chi connectivity index (χ0v) is 13.4. The van der Waals surface area contributed by atoms with Crippen LogP contribution in [0.2, 0.25) is 0 Å². The van der Waals surface area contributed by atoms with Gasteiger partial charge in [0, 0.05) is 0 Å². The highest BCUT2D eigenvalue weighted by atomic mass is 31.2. The number of rotatable bonds is 4. The molecular formula is C12H17N4O6P. The maximum Gasteiger partial charge on any atom is 0.470 e. The Balaban J connectivity index is 1.96. The molecule has 0 bridgehead atoms. The topological polar surface area (TPSA) is 140 Å². The van der Waals surface area contributed by atoms with Crippen molar-refractivity contribution in [2.45, 2.75) is 44.8 Å². The number of hydrogen-bond donors (Lipinski definition) is 3. The quantitative estimate of drug-likeness (QED) is 0.667. The molecule has 2 aromatic rings. The molecule has 4 unspecified atom stereocenters. The second-order valence-electron chi connectivity index (χ2n) is 5.31. The Kier molecular flexibility index (Phi) is 4.21. The molecule has 23 heavy (non-hydrogen) atoms. The lowest BCUT2D eigenvalue weighted by atomic mass is 10.1. The number of ether oxygens (including phenoxy) is 1. The SMILES string of the molecule is CCC1OC(n2cnc3c(C)ncnc32)C(O)C1OP(=O)(O)O. The number of aliphatic hydroxyl groups is 1. The Bertz CT molecular complexity index is 761. The number of phosphoric ester groups is 1. The molecular weight excluding hydrogens is 327 g/mol. The van der Waals surface area contributed by atoms with Crippen molar-refractivity contribution in [1.82, 2.24) is 19.5 Å². The van der Waals surface area contributed by atoms with Crippen molar-refractivity contribution in [2.24, 2.45) is 0 Å². The van der Waals surface area contributed by atoms with Gasteiger partial charge in [-0.2, -0.15) is 0 Å². The smallest absolute Gasteiger partial charge is 0.386 e. The molecule has 0 radical (unpaired) electrons. The van der Waals surface area contributed by atoms with Crippen LogP contribution < -0.4 is 0 Å². The summed E-state index contributed by atoms with van der Waals surface area (Å²) in [6.45, 7) is 3.55. The van der Waals surface area contributed by atoms with E-state index in [9.17, 15) is 9.67 Å². The van der Waals surface area contributed by atoms with Crippen molar-refractivity contribution in [2.75, 3.05) is 0 Å². The minimum Gasteiger partial charge on any atom is -0.386 e. The molecule has 0 amide bonds. The molecule has 4 atom stereocenters. The van der Waals surface area contributed by atoms with E-state index in [2.05, 4.69) is 15.0 Å². The highest BCUT2D eigenvalue weighted by molar-refractivity contribution is 7.46. The third-order valence-corrected chi connectivity index (χ3v) is 4.30. The number of fused-ring (bicyclic) bond motifs is 1. The van der Waals surface area contributed by atoms with Crippen LogP contribution in [-0.4, -0.2) is 52.7 Å². The Morgan fingerprint density at radius 3 is 2.78 bits per heavy atom. The van der Waals surface area contributed by atoms with Gasteiger partial charge in [-0.15, -0.1) is 0 Å². The van der Waals surface area contributed by atoms with Gasteiger partial charge in [0.1, 0.15) is 24.1 Å². The molecule has 0 aliphatic carbocycles. The van der Waals surface area contributed by atoms with Gasteiger partial charge in [0.25, 0.3) is 0 Å². The number of aryl methyl sites for hydroxylation is 1. The fraction of sp³-hybridized carbons (Fsp3) is 0.583. The Morgan fingerprint density at radius 1 is 1.39 bits per heavy atom. The van der Waals surface area contributed by atoms with Crippen LogP contribution in [0.3, 0.4) is 0 Å². The van der Waals surface area contributed by atoms with Crippen LogP contribution in [0.15, 0.2) is 12.7 Å². The standard InChI is InChI=1S/C12H17N4O6P/c1-3-7-10(22-23(18,19)20)9(17)12(21-7)16-5-15-8-6(2)13-4-14-11(8)16/h4-5,7,9-10,12,17H,3H2,1-2H3,(H2,18,19,20). The summed E-state index contributed by atoms with van der Waals surface area (Å²) in [5.41, 5.74) is 1.71. The number of nitrogens with zero attached hydrogens (tertiary/aromatic N) is 4. The summed E-state index contributed by atoms with van der Waals surface area (Å²) in [5.74, 6) is 0. The lowest BCUT2D eigenvalue weighted by Gasteiger charge is -2.20. The van der Waals surface area contributed by atoms with E-state index >= 15 is 0 Å². The summed E-state index contributed by atoms with van der Waals surface area (Å²) >= 11 is 0. The van der Waals surface area contributed by atoms with Crippen molar-refractivity contribution in [1.29, 1.82) is 0 Å².